The molecule has 1 aromatic rings. The highest BCUT2D eigenvalue weighted by Crippen LogP contribution is 2.40. The van der Waals surface area contributed by atoms with Gasteiger partial charge >= 0.3 is 0 Å². The number of ether oxygens (including phenoxy) is 1. The third-order valence-corrected chi connectivity index (χ3v) is 4.23. The van der Waals surface area contributed by atoms with Crippen LogP contribution < -0.4 is 10.5 Å². The van der Waals surface area contributed by atoms with Crippen molar-refractivity contribution in [2.75, 3.05) is 7.11 Å². The van der Waals surface area contributed by atoms with Gasteiger partial charge in [0.15, 0.2) is 5.78 Å². The van der Waals surface area contributed by atoms with Gasteiger partial charge in [0, 0.05) is 17.0 Å². The minimum atomic E-state index is -0.403. The number of carbonyl (C=O) groups is 1. The summed E-state index contributed by atoms with van der Waals surface area (Å²) in [5.74, 6) is 0.956. The minimum Gasteiger partial charge on any atom is -0.497 e. The molecular weight excluding hydrogens is 226 g/mol. The first kappa shape index (κ1) is 13.1. The van der Waals surface area contributed by atoms with Gasteiger partial charge in [0.2, 0.25) is 0 Å². The number of rotatable bonds is 3. The lowest BCUT2D eigenvalue weighted by atomic mass is 9.77. The van der Waals surface area contributed by atoms with Crippen LogP contribution >= 0.6 is 0 Å². The summed E-state index contributed by atoms with van der Waals surface area (Å²) in [6, 6.07) is 5.57. The van der Waals surface area contributed by atoms with Gasteiger partial charge in [0.05, 0.1) is 7.11 Å². The number of hydrogen-bond acceptors (Lipinski definition) is 3. The molecule has 1 saturated carbocycles. The third kappa shape index (κ3) is 2.03. The number of methoxy groups -OCH3 is 1. The second-order valence-corrected chi connectivity index (χ2v) is 5.43. The summed E-state index contributed by atoms with van der Waals surface area (Å²) in [7, 11) is 1.63. The van der Waals surface area contributed by atoms with Crippen LogP contribution in [0.3, 0.4) is 0 Å². The number of Topliss-reactive ketones (excluding diaryl/α,β-unsaturated/α-hetero) is 1. The fourth-order valence-corrected chi connectivity index (χ4v) is 2.80. The average Bonchev–Trinajstić information content (AvgIpc) is 2.70. The van der Waals surface area contributed by atoms with Crippen molar-refractivity contribution in [2.24, 2.45) is 11.1 Å². The zero-order valence-corrected chi connectivity index (χ0v) is 11.3. The van der Waals surface area contributed by atoms with Crippen LogP contribution in [0, 0.1) is 12.3 Å². The summed E-state index contributed by atoms with van der Waals surface area (Å²) in [6.07, 6.45) is 2.87. The lowest BCUT2D eigenvalue weighted by Gasteiger charge is -2.28. The van der Waals surface area contributed by atoms with Crippen LogP contribution in [0.4, 0.5) is 0 Å². The van der Waals surface area contributed by atoms with Crippen LogP contribution in [-0.4, -0.2) is 18.9 Å². The molecule has 0 heterocycles. The lowest BCUT2D eigenvalue weighted by Crippen LogP contribution is -2.41. The molecule has 2 rings (SSSR count). The Labute approximate surface area is 108 Å². The summed E-state index contributed by atoms with van der Waals surface area (Å²) in [5.41, 5.74) is 7.44. The van der Waals surface area contributed by atoms with E-state index in [4.69, 9.17) is 10.5 Å². The predicted molar refractivity (Wildman–Crippen MR) is 72.0 cm³/mol. The molecule has 0 amide bonds. The van der Waals surface area contributed by atoms with Gasteiger partial charge in [-0.2, -0.15) is 0 Å². The highest BCUT2D eigenvalue weighted by atomic mass is 16.5. The first-order valence-corrected chi connectivity index (χ1v) is 6.44. The van der Waals surface area contributed by atoms with Gasteiger partial charge in [-0.25, -0.2) is 0 Å². The number of aryl methyl sites for hydroxylation is 1. The van der Waals surface area contributed by atoms with Gasteiger partial charge in [-0.1, -0.05) is 13.3 Å². The van der Waals surface area contributed by atoms with Crippen molar-refractivity contribution >= 4 is 5.78 Å². The maximum Gasteiger partial charge on any atom is 0.170 e. The first-order chi connectivity index (χ1) is 8.49. The molecule has 2 N–H and O–H groups in total. The molecule has 0 aliphatic heterocycles. The van der Waals surface area contributed by atoms with Gasteiger partial charge in [-0.05, 0) is 43.5 Å². The quantitative estimate of drug-likeness (QED) is 0.835. The Kier molecular flexibility index (Phi) is 3.44. The van der Waals surface area contributed by atoms with Gasteiger partial charge in [0.1, 0.15) is 5.75 Å². The fraction of sp³-hybridized carbons (Fsp3) is 0.533. The molecule has 0 saturated heterocycles. The molecule has 0 aromatic heterocycles. The SMILES string of the molecule is COc1ccc(C(=O)C2(C)CCCC2N)c(C)c1. The molecule has 2 unspecified atom stereocenters. The van der Waals surface area contributed by atoms with Crippen molar-refractivity contribution in [3.8, 4) is 5.75 Å². The van der Waals surface area contributed by atoms with E-state index in [9.17, 15) is 4.79 Å². The van der Waals surface area contributed by atoms with Gasteiger partial charge in [-0.3, -0.25) is 4.79 Å². The van der Waals surface area contributed by atoms with Crippen molar-refractivity contribution in [2.45, 2.75) is 39.2 Å². The maximum absolute atomic E-state index is 12.7. The number of hydrogen-bond donors (Lipinski definition) is 1. The Balaban J connectivity index is 2.34. The largest absolute Gasteiger partial charge is 0.497 e. The average molecular weight is 247 g/mol. The summed E-state index contributed by atoms with van der Waals surface area (Å²) in [4.78, 5) is 12.7. The number of ketones is 1. The summed E-state index contributed by atoms with van der Waals surface area (Å²) >= 11 is 0. The normalized spacial score (nSPS) is 27.2. The molecule has 0 spiro atoms. The highest BCUT2D eigenvalue weighted by Gasteiger charge is 2.43. The van der Waals surface area contributed by atoms with Crippen LogP contribution in [0.25, 0.3) is 0 Å². The van der Waals surface area contributed by atoms with E-state index in [-0.39, 0.29) is 11.8 Å². The van der Waals surface area contributed by atoms with E-state index >= 15 is 0 Å². The van der Waals surface area contributed by atoms with Crippen LogP contribution in [0.1, 0.15) is 42.1 Å². The summed E-state index contributed by atoms with van der Waals surface area (Å²) in [6.45, 7) is 3.94. The molecule has 2 atom stereocenters. The van der Waals surface area contributed by atoms with E-state index in [1.807, 2.05) is 32.0 Å². The standard InChI is InChI=1S/C15H21NO2/c1-10-9-11(18-3)6-7-12(10)14(17)15(2)8-4-5-13(15)16/h6-7,9,13H,4-5,8,16H2,1-3H3. The first-order valence-electron chi connectivity index (χ1n) is 6.44. The van der Waals surface area contributed by atoms with Crippen molar-refractivity contribution < 1.29 is 9.53 Å². The topological polar surface area (TPSA) is 52.3 Å². The van der Waals surface area contributed by atoms with E-state index in [0.717, 1.165) is 36.1 Å². The zero-order chi connectivity index (χ0) is 13.3. The molecule has 0 radical (unpaired) electrons. The van der Waals surface area contributed by atoms with Crippen molar-refractivity contribution in [3.63, 3.8) is 0 Å². The van der Waals surface area contributed by atoms with Crippen LogP contribution in [-0.2, 0) is 0 Å². The molecule has 18 heavy (non-hydrogen) atoms. The molecule has 1 aliphatic carbocycles. The Morgan fingerprint density at radius 3 is 2.72 bits per heavy atom. The Morgan fingerprint density at radius 1 is 1.50 bits per heavy atom. The van der Waals surface area contributed by atoms with Crippen molar-refractivity contribution in [3.05, 3.63) is 29.3 Å². The van der Waals surface area contributed by atoms with Crippen LogP contribution in [0.15, 0.2) is 18.2 Å². The fourth-order valence-electron chi connectivity index (χ4n) is 2.80. The number of benzene rings is 1. The van der Waals surface area contributed by atoms with Crippen molar-refractivity contribution in [1.29, 1.82) is 0 Å². The van der Waals surface area contributed by atoms with Gasteiger partial charge in [-0.15, -0.1) is 0 Å². The molecule has 1 aliphatic rings. The molecule has 3 heteroatoms. The van der Waals surface area contributed by atoms with Crippen LogP contribution in [0.2, 0.25) is 0 Å². The van der Waals surface area contributed by atoms with E-state index in [1.165, 1.54) is 0 Å². The Morgan fingerprint density at radius 2 is 2.22 bits per heavy atom. The molecule has 1 aromatic carbocycles. The zero-order valence-electron chi connectivity index (χ0n) is 11.3. The number of carbonyl (C=O) groups excluding carboxylic acids is 1. The predicted octanol–water partition coefficient (Wildman–Crippen LogP) is 2.70. The maximum atomic E-state index is 12.7. The summed E-state index contributed by atoms with van der Waals surface area (Å²) in [5, 5.41) is 0. The molecule has 1 fully saturated rings. The number of nitrogens with two attached hydrogens (primary N) is 1. The highest BCUT2D eigenvalue weighted by molar-refractivity contribution is 6.02. The van der Waals surface area contributed by atoms with E-state index < -0.39 is 5.41 Å². The molecule has 98 valence electrons. The van der Waals surface area contributed by atoms with Crippen molar-refractivity contribution in [1.82, 2.24) is 0 Å². The Hall–Kier alpha value is -1.35. The monoisotopic (exact) mass is 247 g/mol. The van der Waals surface area contributed by atoms with E-state index in [1.54, 1.807) is 7.11 Å². The second-order valence-electron chi connectivity index (χ2n) is 5.43. The Bertz CT molecular complexity index is 470. The summed E-state index contributed by atoms with van der Waals surface area (Å²) < 4.78 is 5.17. The van der Waals surface area contributed by atoms with Gasteiger partial charge in [0.25, 0.3) is 0 Å². The molecule has 3 nitrogen and oxygen atoms in total. The molecular formula is C15H21NO2. The van der Waals surface area contributed by atoms with Crippen LogP contribution in [0.5, 0.6) is 5.75 Å². The third-order valence-electron chi connectivity index (χ3n) is 4.23. The minimum absolute atomic E-state index is 0.0218. The second kappa shape index (κ2) is 4.73. The van der Waals surface area contributed by atoms with Gasteiger partial charge < -0.3 is 10.5 Å². The van der Waals surface area contributed by atoms with E-state index in [2.05, 4.69) is 0 Å². The smallest absolute Gasteiger partial charge is 0.170 e. The van der Waals surface area contributed by atoms with E-state index in [0.29, 0.717) is 0 Å². The lowest BCUT2D eigenvalue weighted by molar-refractivity contribution is 0.0802. The molecule has 0 bridgehead atoms.